The van der Waals surface area contributed by atoms with Crippen molar-refractivity contribution >= 4 is 0 Å². The number of nitrogens with zero attached hydrogens (tertiary/aromatic N) is 2. The summed E-state index contributed by atoms with van der Waals surface area (Å²) in [4.78, 5) is 6.62. The molecule has 5 heteroatoms. The summed E-state index contributed by atoms with van der Waals surface area (Å²) in [6.07, 6.45) is 3.26. The normalized spacial score (nSPS) is 22.6. The van der Waals surface area contributed by atoms with Gasteiger partial charge in [0, 0.05) is 25.8 Å². The quantitative estimate of drug-likeness (QED) is 0.931. The summed E-state index contributed by atoms with van der Waals surface area (Å²) >= 11 is 0. The molecule has 4 rings (SSSR count). The van der Waals surface area contributed by atoms with E-state index in [0.29, 0.717) is 18.2 Å². The number of benzene rings is 1. The molecule has 0 spiro atoms. The van der Waals surface area contributed by atoms with Gasteiger partial charge in [0.2, 0.25) is 0 Å². The van der Waals surface area contributed by atoms with Crippen LogP contribution in [0.1, 0.15) is 37.0 Å². The smallest absolute Gasteiger partial charge is 0.257 e. The summed E-state index contributed by atoms with van der Waals surface area (Å²) in [5, 5.41) is 10.1. The van der Waals surface area contributed by atoms with Gasteiger partial charge in [0.05, 0.1) is 5.60 Å². The van der Waals surface area contributed by atoms with E-state index in [1.165, 1.54) is 5.56 Å². The molecule has 0 amide bonds. The molecule has 0 aliphatic carbocycles. The number of pyridine rings is 1. The SMILES string of the molecule is CC1(O)CCN(Cc2ccc([C@H]3COc4cccnc4O3)cc2)CC1. The first kappa shape index (κ1) is 16.4. The van der Waals surface area contributed by atoms with Gasteiger partial charge in [0.25, 0.3) is 5.88 Å². The molecule has 0 unspecified atom stereocenters. The molecule has 1 N–H and O–H groups in total. The summed E-state index contributed by atoms with van der Waals surface area (Å²) < 4.78 is 11.7. The van der Waals surface area contributed by atoms with Crippen LogP contribution in [0, 0.1) is 0 Å². The minimum atomic E-state index is -0.497. The molecule has 1 aromatic carbocycles. The monoisotopic (exact) mass is 340 g/mol. The predicted molar refractivity (Wildman–Crippen MR) is 94.7 cm³/mol. The van der Waals surface area contributed by atoms with Gasteiger partial charge in [0.15, 0.2) is 11.9 Å². The maximum absolute atomic E-state index is 10.1. The fraction of sp³-hybridized carbons (Fsp3) is 0.450. The van der Waals surface area contributed by atoms with E-state index in [9.17, 15) is 5.11 Å². The molecule has 5 nitrogen and oxygen atoms in total. The first-order valence-corrected chi connectivity index (χ1v) is 8.87. The highest BCUT2D eigenvalue weighted by molar-refractivity contribution is 5.35. The van der Waals surface area contributed by atoms with Gasteiger partial charge in [-0.3, -0.25) is 4.90 Å². The number of hydrogen-bond donors (Lipinski definition) is 1. The number of ether oxygens (including phenoxy) is 2. The first-order valence-electron chi connectivity index (χ1n) is 8.87. The Morgan fingerprint density at radius 2 is 1.96 bits per heavy atom. The minimum Gasteiger partial charge on any atom is -0.484 e. The first-order chi connectivity index (χ1) is 12.1. The number of rotatable bonds is 3. The zero-order chi connectivity index (χ0) is 17.3. The van der Waals surface area contributed by atoms with Crippen molar-refractivity contribution in [3.8, 4) is 11.6 Å². The fourth-order valence-corrected chi connectivity index (χ4v) is 3.36. The van der Waals surface area contributed by atoms with Crippen LogP contribution >= 0.6 is 0 Å². The number of hydrogen-bond acceptors (Lipinski definition) is 5. The molecule has 2 aliphatic rings. The van der Waals surface area contributed by atoms with Gasteiger partial charge in [-0.05, 0) is 43.0 Å². The number of fused-ring (bicyclic) bond motifs is 1. The van der Waals surface area contributed by atoms with Crippen molar-refractivity contribution in [2.75, 3.05) is 19.7 Å². The van der Waals surface area contributed by atoms with Crippen LogP contribution in [0.15, 0.2) is 42.6 Å². The molecule has 0 radical (unpaired) electrons. The second-order valence-corrected chi connectivity index (χ2v) is 7.24. The van der Waals surface area contributed by atoms with E-state index in [-0.39, 0.29) is 6.10 Å². The van der Waals surface area contributed by atoms with Crippen LogP contribution in [0.3, 0.4) is 0 Å². The highest BCUT2D eigenvalue weighted by Crippen LogP contribution is 2.34. The van der Waals surface area contributed by atoms with E-state index in [4.69, 9.17) is 9.47 Å². The predicted octanol–water partition coefficient (Wildman–Crippen LogP) is 2.94. The van der Waals surface area contributed by atoms with Crippen LogP contribution in [0.2, 0.25) is 0 Å². The number of aliphatic hydroxyl groups is 1. The molecule has 1 saturated heterocycles. The lowest BCUT2D eigenvalue weighted by Gasteiger charge is -2.35. The van der Waals surface area contributed by atoms with Crippen molar-refractivity contribution in [2.24, 2.45) is 0 Å². The molecular weight excluding hydrogens is 316 g/mol. The van der Waals surface area contributed by atoms with Gasteiger partial charge in [-0.15, -0.1) is 0 Å². The Labute approximate surface area is 148 Å². The molecule has 132 valence electrons. The Morgan fingerprint density at radius 3 is 2.72 bits per heavy atom. The number of likely N-dealkylation sites (tertiary alicyclic amines) is 1. The van der Waals surface area contributed by atoms with E-state index >= 15 is 0 Å². The molecule has 2 aliphatic heterocycles. The Morgan fingerprint density at radius 1 is 1.20 bits per heavy atom. The van der Waals surface area contributed by atoms with Crippen molar-refractivity contribution in [1.29, 1.82) is 0 Å². The summed E-state index contributed by atoms with van der Waals surface area (Å²) in [5.74, 6) is 1.26. The van der Waals surface area contributed by atoms with Crippen LogP contribution in [0.4, 0.5) is 0 Å². The van der Waals surface area contributed by atoms with E-state index in [1.54, 1.807) is 6.20 Å². The molecule has 0 bridgehead atoms. The third-order valence-corrected chi connectivity index (χ3v) is 5.07. The van der Waals surface area contributed by atoms with Crippen molar-refractivity contribution in [2.45, 2.75) is 38.0 Å². The second kappa shape index (κ2) is 6.65. The largest absolute Gasteiger partial charge is 0.484 e. The maximum Gasteiger partial charge on any atom is 0.257 e. The molecular formula is C20H24N2O3. The zero-order valence-electron chi connectivity index (χ0n) is 14.5. The van der Waals surface area contributed by atoms with Crippen LogP contribution in [-0.2, 0) is 6.54 Å². The summed E-state index contributed by atoms with van der Waals surface area (Å²) in [6.45, 7) is 5.23. The molecule has 1 fully saturated rings. The van der Waals surface area contributed by atoms with Crippen molar-refractivity contribution < 1.29 is 14.6 Å². The third-order valence-electron chi connectivity index (χ3n) is 5.07. The van der Waals surface area contributed by atoms with Crippen LogP contribution in [0.25, 0.3) is 0 Å². The number of piperidine rings is 1. The van der Waals surface area contributed by atoms with E-state index in [2.05, 4.69) is 34.1 Å². The van der Waals surface area contributed by atoms with Crippen LogP contribution in [0.5, 0.6) is 11.6 Å². The second-order valence-electron chi connectivity index (χ2n) is 7.24. The zero-order valence-corrected chi connectivity index (χ0v) is 14.5. The average Bonchev–Trinajstić information content (AvgIpc) is 2.64. The van der Waals surface area contributed by atoms with E-state index < -0.39 is 5.60 Å². The molecule has 0 saturated carbocycles. The molecule has 1 atom stereocenters. The highest BCUT2D eigenvalue weighted by atomic mass is 16.6. The number of aromatic nitrogens is 1. The molecule has 1 aromatic heterocycles. The lowest BCUT2D eigenvalue weighted by atomic mass is 9.93. The third kappa shape index (κ3) is 3.78. The van der Waals surface area contributed by atoms with Gasteiger partial charge in [-0.25, -0.2) is 4.98 Å². The minimum absolute atomic E-state index is 0.124. The highest BCUT2D eigenvalue weighted by Gasteiger charge is 2.27. The topological polar surface area (TPSA) is 54.8 Å². The molecule has 2 aromatic rings. The average molecular weight is 340 g/mol. The summed E-state index contributed by atoms with van der Waals surface area (Å²) in [6, 6.07) is 12.2. The van der Waals surface area contributed by atoms with E-state index in [1.807, 2.05) is 19.1 Å². The van der Waals surface area contributed by atoms with Crippen molar-refractivity contribution in [3.05, 3.63) is 53.7 Å². The van der Waals surface area contributed by atoms with Crippen molar-refractivity contribution in [3.63, 3.8) is 0 Å². The Balaban J connectivity index is 1.38. The van der Waals surface area contributed by atoms with E-state index in [0.717, 1.165) is 38.0 Å². The van der Waals surface area contributed by atoms with Gasteiger partial charge in [-0.1, -0.05) is 24.3 Å². The maximum atomic E-state index is 10.1. The Hall–Kier alpha value is -2.11. The Kier molecular flexibility index (Phi) is 4.36. The van der Waals surface area contributed by atoms with Gasteiger partial charge < -0.3 is 14.6 Å². The molecule has 3 heterocycles. The molecule has 25 heavy (non-hydrogen) atoms. The van der Waals surface area contributed by atoms with Gasteiger partial charge >= 0.3 is 0 Å². The lowest BCUT2D eigenvalue weighted by Crippen LogP contribution is -2.41. The Bertz CT molecular complexity index is 720. The summed E-state index contributed by atoms with van der Waals surface area (Å²) in [5.41, 5.74) is 1.88. The van der Waals surface area contributed by atoms with Crippen LogP contribution < -0.4 is 9.47 Å². The van der Waals surface area contributed by atoms with Crippen molar-refractivity contribution in [1.82, 2.24) is 9.88 Å². The van der Waals surface area contributed by atoms with Crippen LogP contribution in [-0.4, -0.2) is 40.3 Å². The van der Waals surface area contributed by atoms with Gasteiger partial charge in [0.1, 0.15) is 6.61 Å². The fourth-order valence-electron chi connectivity index (χ4n) is 3.36. The lowest BCUT2D eigenvalue weighted by molar-refractivity contribution is -0.00730. The summed E-state index contributed by atoms with van der Waals surface area (Å²) in [7, 11) is 0. The standard InChI is InChI=1S/C20H24N2O3/c1-20(23)8-11-22(12-9-20)13-15-4-6-16(7-5-15)18-14-24-17-3-2-10-21-19(17)25-18/h2-7,10,18,23H,8-9,11-14H2,1H3/t18-/m1/s1. The van der Waals surface area contributed by atoms with Gasteiger partial charge in [-0.2, -0.15) is 0 Å².